The van der Waals surface area contributed by atoms with Crippen LogP contribution in [0.3, 0.4) is 0 Å². The van der Waals surface area contributed by atoms with Crippen molar-refractivity contribution in [1.82, 2.24) is 0 Å². The van der Waals surface area contributed by atoms with Crippen LogP contribution in [-0.2, 0) is 6.42 Å². The van der Waals surface area contributed by atoms with E-state index in [1.807, 2.05) is 43.4 Å². The number of carboxylic acid groups (broad SMARTS) is 1. The van der Waals surface area contributed by atoms with E-state index in [0.717, 1.165) is 35.3 Å². The molecule has 30 heavy (non-hydrogen) atoms. The third kappa shape index (κ3) is 5.98. The lowest BCUT2D eigenvalue weighted by molar-refractivity contribution is 0.0702. The minimum atomic E-state index is -0.880. The molecule has 0 spiro atoms. The van der Waals surface area contributed by atoms with Crippen molar-refractivity contribution >= 4 is 52.7 Å². The molecule has 0 bridgehead atoms. The maximum atomic E-state index is 11.0. The normalized spacial score (nSPS) is 24.3. The zero-order valence-electron chi connectivity index (χ0n) is 16.8. The molecule has 0 amide bonds. The van der Waals surface area contributed by atoms with Crippen LogP contribution in [0, 0.1) is 11.8 Å². The lowest BCUT2D eigenvalue weighted by Crippen LogP contribution is -2.18. The van der Waals surface area contributed by atoms with Gasteiger partial charge in [0.25, 0.3) is 0 Å². The Morgan fingerprint density at radius 1 is 1.23 bits per heavy atom. The van der Waals surface area contributed by atoms with Crippen molar-refractivity contribution in [3.05, 3.63) is 68.4 Å². The smallest absolute Gasteiger partial charge is 0.345 e. The predicted molar refractivity (Wildman–Crippen MR) is 127 cm³/mol. The van der Waals surface area contributed by atoms with Gasteiger partial charge in [-0.25, -0.2) is 4.79 Å². The summed E-state index contributed by atoms with van der Waals surface area (Å²) in [6, 6.07) is 9.44. The second kappa shape index (κ2) is 10.6. The lowest BCUT2D eigenvalue weighted by atomic mass is 9.89. The Kier molecular flexibility index (Phi) is 8.18. The number of carboxylic acids is 1. The monoisotopic (exact) mass is 464 g/mol. The molecular weight excluding hydrogens is 439 g/mol. The summed E-state index contributed by atoms with van der Waals surface area (Å²) in [5.41, 5.74) is 2.04. The number of halogens is 2. The highest BCUT2D eigenvalue weighted by Gasteiger charge is 2.39. The molecule has 1 aromatic heterocycles. The number of alkyl halides is 1. The number of hydrogen-bond donors (Lipinski definition) is 2. The summed E-state index contributed by atoms with van der Waals surface area (Å²) in [4.78, 5) is 12.5. The summed E-state index contributed by atoms with van der Waals surface area (Å²) >= 11 is 14.1. The first-order valence-electron chi connectivity index (χ1n) is 10.1. The molecule has 3 rings (SSSR count). The maximum absolute atomic E-state index is 11.0. The van der Waals surface area contributed by atoms with Crippen molar-refractivity contribution in [1.29, 1.82) is 0 Å². The molecule has 1 fully saturated rings. The molecule has 2 unspecified atom stereocenters. The number of carbonyl (C=O) groups is 1. The van der Waals surface area contributed by atoms with E-state index >= 15 is 0 Å². The molecule has 0 aliphatic heterocycles. The van der Waals surface area contributed by atoms with E-state index < -0.39 is 12.1 Å². The molecule has 1 saturated carbocycles. The molecule has 6 heteroatoms. The van der Waals surface area contributed by atoms with Gasteiger partial charge in [0.05, 0.1) is 6.10 Å². The first kappa shape index (κ1) is 23.1. The van der Waals surface area contributed by atoms with Gasteiger partial charge < -0.3 is 10.2 Å². The van der Waals surface area contributed by atoms with Crippen LogP contribution in [0.1, 0.15) is 51.9 Å². The van der Waals surface area contributed by atoms with Crippen molar-refractivity contribution < 1.29 is 15.0 Å². The van der Waals surface area contributed by atoms with E-state index in [4.69, 9.17) is 28.3 Å². The Bertz CT molecular complexity index is 934. The van der Waals surface area contributed by atoms with Gasteiger partial charge in [0, 0.05) is 21.2 Å². The lowest BCUT2D eigenvalue weighted by Gasteiger charge is -2.20. The highest BCUT2D eigenvalue weighted by Crippen LogP contribution is 2.40. The number of aliphatic hydroxyl groups excluding tert-OH is 1. The van der Waals surface area contributed by atoms with Gasteiger partial charge in [-0.1, -0.05) is 35.9 Å². The van der Waals surface area contributed by atoms with Gasteiger partial charge in [0.1, 0.15) is 4.88 Å². The molecule has 1 heterocycles. The molecule has 2 aromatic rings. The first-order chi connectivity index (χ1) is 14.4. The van der Waals surface area contributed by atoms with Crippen LogP contribution in [0.4, 0.5) is 0 Å². The Labute approximate surface area is 191 Å². The van der Waals surface area contributed by atoms with Gasteiger partial charge in [-0.15, -0.1) is 22.9 Å². The largest absolute Gasteiger partial charge is 0.477 e. The van der Waals surface area contributed by atoms with Crippen molar-refractivity contribution in [3.63, 3.8) is 0 Å². The third-order valence-electron chi connectivity index (χ3n) is 5.52. The van der Waals surface area contributed by atoms with Crippen LogP contribution in [0.2, 0.25) is 5.02 Å². The van der Waals surface area contributed by atoms with Crippen LogP contribution in [0.15, 0.2) is 42.5 Å². The maximum Gasteiger partial charge on any atom is 0.345 e. The van der Waals surface area contributed by atoms with Crippen LogP contribution in [0.5, 0.6) is 0 Å². The van der Waals surface area contributed by atoms with Crippen LogP contribution < -0.4 is 0 Å². The van der Waals surface area contributed by atoms with E-state index in [9.17, 15) is 9.90 Å². The molecule has 2 N–H and O–H groups in total. The minimum absolute atomic E-state index is 0.00503. The van der Waals surface area contributed by atoms with Gasteiger partial charge in [0.2, 0.25) is 0 Å². The number of thiophene rings is 1. The zero-order chi connectivity index (χ0) is 21.7. The molecule has 1 aliphatic carbocycles. The van der Waals surface area contributed by atoms with Crippen LogP contribution in [-0.4, -0.2) is 27.7 Å². The average molecular weight is 465 g/mol. The summed E-state index contributed by atoms with van der Waals surface area (Å²) in [5.74, 6) is -0.699. The SMILES string of the molecule is CC=Cc1cc(Cl)cc(C=C[C@H]2C(O)C[C@@H](Cl)C2CCCc2ccc(C(=O)O)s2)c1. The van der Waals surface area contributed by atoms with E-state index in [1.54, 1.807) is 6.07 Å². The van der Waals surface area contributed by atoms with Crippen molar-refractivity contribution in [3.8, 4) is 0 Å². The van der Waals surface area contributed by atoms with Gasteiger partial charge >= 0.3 is 5.97 Å². The summed E-state index contributed by atoms with van der Waals surface area (Å²) in [6.07, 6.45) is 10.8. The van der Waals surface area contributed by atoms with Crippen molar-refractivity contribution in [2.24, 2.45) is 11.8 Å². The molecule has 3 nitrogen and oxygen atoms in total. The quantitative estimate of drug-likeness (QED) is 0.423. The predicted octanol–water partition coefficient (Wildman–Crippen LogP) is 6.77. The third-order valence-corrected chi connectivity index (χ3v) is 7.37. The molecule has 160 valence electrons. The van der Waals surface area contributed by atoms with Gasteiger partial charge in [-0.3, -0.25) is 0 Å². The van der Waals surface area contributed by atoms with E-state index in [1.165, 1.54) is 11.3 Å². The first-order valence-corrected chi connectivity index (χ1v) is 11.8. The minimum Gasteiger partial charge on any atom is -0.477 e. The molecule has 4 atom stereocenters. The highest BCUT2D eigenvalue weighted by atomic mass is 35.5. The zero-order valence-corrected chi connectivity index (χ0v) is 19.1. The Balaban J connectivity index is 1.65. The molecular formula is C24H26Cl2O3S. The van der Waals surface area contributed by atoms with Gasteiger partial charge in [0.15, 0.2) is 0 Å². The number of allylic oxidation sites excluding steroid dienone is 1. The fourth-order valence-electron chi connectivity index (χ4n) is 4.12. The summed E-state index contributed by atoms with van der Waals surface area (Å²) < 4.78 is 0. The fourth-order valence-corrected chi connectivity index (χ4v) is 5.73. The van der Waals surface area contributed by atoms with Crippen molar-refractivity contribution in [2.75, 3.05) is 0 Å². The number of aliphatic hydroxyl groups is 1. The van der Waals surface area contributed by atoms with E-state index in [-0.39, 0.29) is 17.2 Å². The molecule has 0 saturated heterocycles. The van der Waals surface area contributed by atoms with Crippen LogP contribution >= 0.6 is 34.5 Å². The fraction of sp³-hybridized carbons (Fsp3) is 0.375. The van der Waals surface area contributed by atoms with Gasteiger partial charge in [-0.05, 0) is 80.0 Å². The number of benzene rings is 1. The Morgan fingerprint density at radius 2 is 1.97 bits per heavy atom. The highest BCUT2D eigenvalue weighted by molar-refractivity contribution is 7.13. The van der Waals surface area contributed by atoms with Crippen LogP contribution in [0.25, 0.3) is 12.2 Å². The standard InChI is InChI=1S/C24H26Cl2O3S/c1-2-4-15-11-16(13-17(25)12-15)7-9-20-19(21(26)14-22(20)27)6-3-5-18-8-10-23(30-18)24(28)29/h2,4,7-13,19-22,27H,3,5-6,14H2,1H3,(H,28,29)/t19?,20-,21-,22?/m1/s1. The second-order valence-electron chi connectivity index (χ2n) is 7.70. The number of rotatable bonds is 8. The molecule has 1 aromatic carbocycles. The summed E-state index contributed by atoms with van der Waals surface area (Å²) in [7, 11) is 0. The number of hydrogen-bond acceptors (Lipinski definition) is 3. The number of aromatic carboxylic acids is 1. The van der Waals surface area contributed by atoms with Gasteiger partial charge in [-0.2, -0.15) is 0 Å². The molecule has 1 aliphatic rings. The second-order valence-corrected chi connectivity index (χ2v) is 9.87. The molecule has 0 radical (unpaired) electrons. The number of aryl methyl sites for hydroxylation is 1. The van der Waals surface area contributed by atoms with E-state index in [2.05, 4.69) is 12.1 Å². The summed E-state index contributed by atoms with van der Waals surface area (Å²) in [6.45, 7) is 1.97. The Hall–Kier alpha value is -1.59. The van der Waals surface area contributed by atoms with E-state index in [0.29, 0.717) is 16.3 Å². The summed E-state index contributed by atoms with van der Waals surface area (Å²) in [5, 5.41) is 20.2. The Morgan fingerprint density at radius 3 is 2.63 bits per heavy atom. The van der Waals surface area contributed by atoms with Crippen molar-refractivity contribution in [2.45, 2.75) is 44.1 Å². The average Bonchev–Trinajstić information content (AvgIpc) is 3.25. The topological polar surface area (TPSA) is 57.5 Å².